The van der Waals surface area contributed by atoms with Crippen LogP contribution < -0.4 is 0 Å². The Morgan fingerprint density at radius 2 is 1.11 bits per heavy atom. The molecule has 2 heterocycles. The molecule has 0 aliphatic carbocycles. The van der Waals surface area contributed by atoms with Gasteiger partial charge in [-0.05, 0) is 31.2 Å². The molecule has 2 aromatic carbocycles. The van der Waals surface area contributed by atoms with Crippen LogP contribution in [0.3, 0.4) is 0 Å². The molecule has 2 aliphatic rings. The minimum atomic E-state index is -0.513. The van der Waals surface area contributed by atoms with Crippen molar-refractivity contribution in [3.63, 3.8) is 0 Å². The highest BCUT2D eigenvalue weighted by Gasteiger charge is 2.41. The highest BCUT2D eigenvalue weighted by Crippen LogP contribution is 2.28. The lowest BCUT2D eigenvalue weighted by molar-refractivity contribution is -0.106. The fraction of sp³-hybridized carbons (Fsp3) is 0.238. The molecule has 0 N–H and O–H groups in total. The molecule has 2 atom stereocenters. The van der Waals surface area contributed by atoms with Gasteiger partial charge in [0.15, 0.2) is 0 Å². The molecule has 142 valence electrons. The number of benzene rings is 2. The first-order valence-corrected chi connectivity index (χ1v) is 8.99. The van der Waals surface area contributed by atoms with Gasteiger partial charge in [0.1, 0.15) is 0 Å². The number of hydrogen-bond donors (Lipinski definition) is 0. The summed E-state index contributed by atoms with van der Waals surface area (Å²) in [4.78, 5) is 56.6. The van der Waals surface area contributed by atoms with Gasteiger partial charge in [-0.3, -0.25) is 28.9 Å². The number of hydroxylamine groups is 2. The van der Waals surface area contributed by atoms with E-state index in [1.807, 2.05) is 0 Å². The Morgan fingerprint density at radius 1 is 0.714 bits per heavy atom. The van der Waals surface area contributed by atoms with Crippen LogP contribution >= 0.6 is 0 Å². The van der Waals surface area contributed by atoms with E-state index < -0.39 is 17.9 Å². The number of hydrogen-bond acceptors (Lipinski definition) is 5. The zero-order valence-corrected chi connectivity index (χ0v) is 15.4. The van der Waals surface area contributed by atoms with Crippen LogP contribution in [0.25, 0.3) is 0 Å². The van der Waals surface area contributed by atoms with Gasteiger partial charge in [-0.25, -0.2) is 0 Å². The standard InChI is InChI=1S/C21H18N2O5/c1-12(11-28-23-20(26)16-9-5-6-10-17(16)21(23)27)13(2)22-18(24)14-7-3-4-8-15(14)19(22)25/h3-10,12-13H,11H2,1-2H3. The average molecular weight is 378 g/mol. The summed E-state index contributed by atoms with van der Waals surface area (Å²) in [6.07, 6.45) is 0. The summed E-state index contributed by atoms with van der Waals surface area (Å²) in [5.74, 6) is -2.02. The molecule has 28 heavy (non-hydrogen) atoms. The summed E-state index contributed by atoms with van der Waals surface area (Å²) in [6, 6.07) is 12.7. The number of carbonyl (C=O) groups is 4. The van der Waals surface area contributed by atoms with Crippen molar-refractivity contribution in [3.05, 3.63) is 70.8 Å². The lowest BCUT2D eigenvalue weighted by Crippen LogP contribution is -2.44. The predicted molar refractivity (Wildman–Crippen MR) is 98.5 cm³/mol. The Morgan fingerprint density at radius 3 is 1.54 bits per heavy atom. The zero-order valence-electron chi connectivity index (χ0n) is 15.4. The van der Waals surface area contributed by atoms with Crippen LogP contribution in [0.15, 0.2) is 48.5 Å². The summed E-state index contributed by atoms with van der Waals surface area (Å²) in [7, 11) is 0. The van der Waals surface area contributed by atoms with E-state index in [4.69, 9.17) is 4.84 Å². The van der Waals surface area contributed by atoms with Gasteiger partial charge in [-0.15, -0.1) is 5.06 Å². The van der Waals surface area contributed by atoms with Crippen molar-refractivity contribution < 1.29 is 24.0 Å². The third-order valence-electron chi connectivity index (χ3n) is 5.28. The molecule has 7 heteroatoms. The maximum absolute atomic E-state index is 12.6. The number of carbonyl (C=O) groups excluding carboxylic acids is 4. The van der Waals surface area contributed by atoms with Crippen LogP contribution in [0.5, 0.6) is 0 Å². The molecule has 0 radical (unpaired) electrons. The predicted octanol–water partition coefficient (Wildman–Crippen LogP) is 2.54. The molecule has 0 spiro atoms. The van der Waals surface area contributed by atoms with Gasteiger partial charge in [0.05, 0.1) is 28.9 Å². The average Bonchev–Trinajstić information content (AvgIpc) is 3.11. The fourth-order valence-electron chi connectivity index (χ4n) is 3.45. The summed E-state index contributed by atoms with van der Waals surface area (Å²) < 4.78 is 0. The number of imide groups is 2. The first-order chi connectivity index (χ1) is 13.4. The van der Waals surface area contributed by atoms with Gasteiger partial charge in [-0.2, -0.15) is 0 Å². The topological polar surface area (TPSA) is 84.0 Å². The SMILES string of the molecule is CC(CON1C(=O)c2ccccc2C1=O)C(C)N1C(=O)c2ccccc2C1=O. The van der Waals surface area contributed by atoms with Gasteiger partial charge >= 0.3 is 0 Å². The van der Waals surface area contributed by atoms with E-state index in [0.29, 0.717) is 22.3 Å². The number of nitrogens with zero attached hydrogens (tertiary/aromatic N) is 2. The normalized spacial score (nSPS) is 17.8. The van der Waals surface area contributed by atoms with E-state index in [2.05, 4.69) is 0 Å². The molecule has 4 amide bonds. The zero-order chi connectivity index (χ0) is 20.0. The number of amides is 4. The molecule has 2 unspecified atom stereocenters. The Bertz CT molecular complexity index is 945. The van der Waals surface area contributed by atoms with Crippen molar-refractivity contribution in [3.8, 4) is 0 Å². The minimum Gasteiger partial charge on any atom is -0.271 e. The fourth-order valence-corrected chi connectivity index (χ4v) is 3.45. The van der Waals surface area contributed by atoms with Crippen molar-refractivity contribution in [1.29, 1.82) is 0 Å². The molecule has 0 fully saturated rings. The van der Waals surface area contributed by atoms with Crippen molar-refractivity contribution in [2.24, 2.45) is 5.92 Å². The Labute approximate surface area is 161 Å². The van der Waals surface area contributed by atoms with Gasteiger partial charge < -0.3 is 0 Å². The van der Waals surface area contributed by atoms with E-state index >= 15 is 0 Å². The van der Waals surface area contributed by atoms with E-state index in [9.17, 15) is 19.2 Å². The summed E-state index contributed by atoms with van der Waals surface area (Å²) in [5.41, 5.74) is 1.36. The molecular formula is C21H18N2O5. The second-order valence-corrected chi connectivity index (χ2v) is 6.99. The lowest BCUT2D eigenvalue weighted by atomic mass is 10.0. The van der Waals surface area contributed by atoms with E-state index in [1.165, 1.54) is 4.90 Å². The van der Waals surface area contributed by atoms with Gasteiger partial charge in [-0.1, -0.05) is 31.2 Å². The van der Waals surface area contributed by atoms with E-state index in [0.717, 1.165) is 5.06 Å². The smallest absolute Gasteiger partial charge is 0.271 e. The van der Waals surface area contributed by atoms with Crippen LogP contribution in [0, 0.1) is 5.92 Å². The maximum Gasteiger partial charge on any atom is 0.285 e. The van der Waals surface area contributed by atoms with Crippen LogP contribution in [-0.2, 0) is 4.84 Å². The first-order valence-electron chi connectivity index (χ1n) is 8.99. The molecule has 0 saturated carbocycles. The molecule has 2 aliphatic heterocycles. The largest absolute Gasteiger partial charge is 0.285 e. The third-order valence-corrected chi connectivity index (χ3v) is 5.28. The quantitative estimate of drug-likeness (QED) is 0.747. The summed E-state index contributed by atoms with van der Waals surface area (Å²) >= 11 is 0. The molecule has 4 rings (SSSR count). The summed E-state index contributed by atoms with van der Waals surface area (Å²) in [5, 5.41) is 0.746. The second kappa shape index (κ2) is 6.69. The number of fused-ring (bicyclic) bond motifs is 2. The maximum atomic E-state index is 12.6. The highest BCUT2D eigenvalue weighted by molar-refractivity contribution is 6.21. The number of rotatable bonds is 5. The lowest BCUT2D eigenvalue weighted by Gasteiger charge is -2.28. The molecular weight excluding hydrogens is 360 g/mol. The van der Waals surface area contributed by atoms with Gasteiger partial charge in [0.2, 0.25) is 0 Å². The Hall–Kier alpha value is -3.32. The summed E-state index contributed by atoms with van der Waals surface area (Å²) in [6.45, 7) is 3.55. The molecule has 7 nitrogen and oxygen atoms in total. The van der Waals surface area contributed by atoms with Gasteiger partial charge in [0, 0.05) is 12.0 Å². The third kappa shape index (κ3) is 2.63. The Kier molecular flexibility index (Phi) is 4.31. The second-order valence-electron chi connectivity index (χ2n) is 6.99. The van der Waals surface area contributed by atoms with Crippen molar-refractivity contribution in [1.82, 2.24) is 9.96 Å². The molecule has 0 saturated heterocycles. The van der Waals surface area contributed by atoms with Crippen molar-refractivity contribution >= 4 is 23.6 Å². The first kappa shape index (κ1) is 18.1. The van der Waals surface area contributed by atoms with Crippen molar-refractivity contribution in [2.45, 2.75) is 19.9 Å². The monoisotopic (exact) mass is 378 g/mol. The van der Waals surface area contributed by atoms with Crippen LogP contribution in [-0.4, -0.2) is 46.2 Å². The van der Waals surface area contributed by atoms with E-state index in [-0.39, 0.29) is 24.3 Å². The highest BCUT2D eigenvalue weighted by atomic mass is 16.7. The molecule has 2 aromatic rings. The molecule has 0 bridgehead atoms. The van der Waals surface area contributed by atoms with Crippen LogP contribution in [0.4, 0.5) is 0 Å². The minimum absolute atomic E-state index is 0.0000402. The van der Waals surface area contributed by atoms with Crippen molar-refractivity contribution in [2.75, 3.05) is 6.61 Å². The molecule has 0 aromatic heterocycles. The van der Waals surface area contributed by atoms with Gasteiger partial charge in [0.25, 0.3) is 23.6 Å². The van der Waals surface area contributed by atoms with Crippen LogP contribution in [0.2, 0.25) is 0 Å². The van der Waals surface area contributed by atoms with Crippen LogP contribution in [0.1, 0.15) is 55.3 Å². The Balaban J connectivity index is 1.45. The van der Waals surface area contributed by atoms with E-state index in [1.54, 1.807) is 62.4 Å².